The minimum atomic E-state index is -0.838. The van der Waals surface area contributed by atoms with Crippen LogP contribution < -0.4 is 0 Å². The van der Waals surface area contributed by atoms with Crippen molar-refractivity contribution in [2.45, 2.75) is 19.4 Å². The van der Waals surface area contributed by atoms with Gasteiger partial charge in [0, 0.05) is 12.4 Å². The van der Waals surface area contributed by atoms with Crippen LogP contribution in [0.25, 0.3) is 0 Å². The quantitative estimate of drug-likeness (QED) is 0.730. The molecule has 1 N–H and O–H groups in total. The zero-order chi connectivity index (χ0) is 10.6. The first-order chi connectivity index (χ1) is 6.63. The smallest absolute Gasteiger partial charge is 0.308 e. The van der Waals surface area contributed by atoms with Crippen LogP contribution in [0.2, 0.25) is 0 Å². The predicted molar refractivity (Wildman–Crippen MR) is 50.6 cm³/mol. The molecule has 4 nitrogen and oxygen atoms in total. The van der Waals surface area contributed by atoms with Gasteiger partial charge in [0.1, 0.15) is 0 Å². The standard InChI is InChI=1S/C10H13NO3/c1-7-3-8(6-11-5-7)9(12)4-10(13)14-2/h3,5-6,9,12H,4H2,1-2H3. The molecule has 1 aromatic heterocycles. The van der Waals surface area contributed by atoms with Gasteiger partial charge in [-0.2, -0.15) is 0 Å². The maximum absolute atomic E-state index is 10.9. The first-order valence-corrected chi connectivity index (χ1v) is 4.30. The molecule has 1 heterocycles. The lowest BCUT2D eigenvalue weighted by Crippen LogP contribution is -2.08. The van der Waals surface area contributed by atoms with Crippen molar-refractivity contribution in [3.63, 3.8) is 0 Å². The summed E-state index contributed by atoms with van der Waals surface area (Å²) in [6, 6.07) is 1.79. The number of rotatable bonds is 3. The van der Waals surface area contributed by atoms with Gasteiger partial charge in [0.2, 0.25) is 0 Å². The molecule has 14 heavy (non-hydrogen) atoms. The lowest BCUT2D eigenvalue weighted by Gasteiger charge is -2.09. The summed E-state index contributed by atoms with van der Waals surface area (Å²) in [7, 11) is 1.30. The van der Waals surface area contributed by atoms with Crippen molar-refractivity contribution in [1.82, 2.24) is 4.98 Å². The van der Waals surface area contributed by atoms with Crippen LogP contribution in [-0.2, 0) is 9.53 Å². The van der Waals surface area contributed by atoms with E-state index in [1.807, 2.05) is 6.92 Å². The number of aryl methyl sites for hydroxylation is 1. The van der Waals surface area contributed by atoms with Gasteiger partial charge in [0.15, 0.2) is 0 Å². The zero-order valence-corrected chi connectivity index (χ0v) is 8.23. The SMILES string of the molecule is COC(=O)CC(O)c1cncc(C)c1. The highest BCUT2D eigenvalue weighted by atomic mass is 16.5. The molecule has 1 aromatic rings. The van der Waals surface area contributed by atoms with Crippen LogP contribution in [0.3, 0.4) is 0 Å². The van der Waals surface area contributed by atoms with Crippen molar-refractivity contribution in [1.29, 1.82) is 0 Å². The van der Waals surface area contributed by atoms with Crippen LogP contribution >= 0.6 is 0 Å². The average molecular weight is 195 g/mol. The molecule has 0 saturated heterocycles. The zero-order valence-electron chi connectivity index (χ0n) is 8.23. The van der Waals surface area contributed by atoms with Gasteiger partial charge in [0.05, 0.1) is 19.6 Å². The minimum Gasteiger partial charge on any atom is -0.469 e. The monoisotopic (exact) mass is 195 g/mol. The van der Waals surface area contributed by atoms with Crippen molar-refractivity contribution < 1.29 is 14.6 Å². The molecule has 1 unspecified atom stereocenters. The van der Waals surface area contributed by atoms with Crippen LogP contribution in [0.15, 0.2) is 18.5 Å². The third-order valence-electron chi connectivity index (χ3n) is 1.87. The maximum atomic E-state index is 10.9. The number of carbonyl (C=O) groups is 1. The number of ether oxygens (including phenoxy) is 1. The maximum Gasteiger partial charge on any atom is 0.308 e. The highest BCUT2D eigenvalue weighted by Gasteiger charge is 2.13. The van der Waals surface area contributed by atoms with Gasteiger partial charge in [-0.3, -0.25) is 9.78 Å². The molecular formula is C10H13NO3. The van der Waals surface area contributed by atoms with Crippen molar-refractivity contribution in [2.24, 2.45) is 0 Å². The molecule has 0 aliphatic carbocycles. The van der Waals surface area contributed by atoms with E-state index in [1.54, 1.807) is 18.5 Å². The van der Waals surface area contributed by atoms with Crippen LogP contribution in [0.5, 0.6) is 0 Å². The number of hydrogen-bond donors (Lipinski definition) is 1. The fourth-order valence-electron chi connectivity index (χ4n) is 1.12. The first kappa shape index (κ1) is 10.7. The number of aliphatic hydroxyl groups excluding tert-OH is 1. The normalized spacial score (nSPS) is 12.2. The molecule has 1 rings (SSSR count). The largest absolute Gasteiger partial charge is 0.469 e. The Bertz CT molecular complexity index is 325. The van der Waals surface area contributed by atoms with E-state index < -0.39 is 12.1 Å². The molecule has 0 fully saturated rings. The summed E-state index contributed by atoms with van der Waals surface area (Å²) in [4.78, 5) is 14.8. The van der Waals surface area contributed by atoms with Gasteiger partial charge in [0.25, 0.3) is 0 Å². The van der Waals surface area contributed by atoms with E-state index in [9.17, 15) is 9.90 Å². The first-order valence-electron chi connectivity index (χ1n) is 4.30. The Kier molecular flexibility index (Phi) is 3.59. The summed E-state index contributed by atoms with van der Waals surface area (Å²) in [6.07, 6.45) is 2.35. The van der Waals surface area contributed by atoms with Gasteiger partial charge in [-0.25, -0.2) is 0 Å². The van der Waals surface area contributed by atoms with Crippen LogP contribution in [0.1, 0.15) is 23.7 Å². The topological polar surface area (TPSA) is 59.4 Å². The van der Waals surface area contributed by atoms with E-state index in [4.69, 9.17) is 0 Å². The van der Waals surface area contributed by atoms with Crippen molar-refractivity contribution >= 4 is 5.97 Å². The Hall–Kier alpha value is -1.42. The number of esters is 1. The summed E-state index contributed by atoms with van der Waals surface area (Å²) in [5.74, 6) is -0.431. The predicted octanol–water partition coefficient (Wildman–Crippen LogP) is 0.987. The Morgan fingerprint density at radius 3 is 2.93 bits per heavy atom. The third-order valence-corrected chi connectivity index (χ3v) is 1.87. The van der Waals surface area contributed by atoms with E-state index in [1.165, 1.54) is 7.11 Å². The van der Waals surface area contributed by atoms with Gasteiger partial charge in [-0.05, 0) is 18.1 Å². The van der Waals surface area contributed by atoms with E-state index in [0.717, 1.165) is 5.56 Å². The molecule has 0 aliphatic rings. The Morgan fingerprint density at radius 2 is 2.36 bits per heavy atom. The molecule has 0 spiro atoms. The van der Waals surface area contributed by atoms with E-state index in [0.29, 0.717) is 5.56 Å². The molecule has 0 aromatic carbocycles. The molecule has 76 valence electrons. The number of pyridine rings is 1. The molecule has 1 atom stereocenters. The van der Waals surface area contributed by atoms with Gasteiger partial charge >= 0.3 is 5.97 Å². The van der Waals surface area contributed by atoms with Crippen LogP contribution in [-0.4, -0.2) is 23.2 Å². The van der Waals surface area contributed by atoms with E-state index in [-0.39, 0.29) is 6.42 Å². The fourth-order valence-corrected chi connectivity index (χ4v) is 1.12. The number of hydrogen-bond acceptors (Lipinski definition) is 4. The Balaban J connectivity index is 2.69. The van der Waals surface area contributed by atoms with Gasteiger partial charge < -0.3 is 9.84 Å². The summed E-state index contributed by atoms with van der Waals surface area (Å²) >= 11 is 0. The number of nitrogens with zero attached hydrogens (tertiary/aromatic N) is 1. The third kappa shape index (κ3) is 2.81. The van der Waals surface area contributed by atoms with Crippen molar-refractivity contribution in [2.75, 3.05) is 7.11 Å². The van der Waals surface area contributed by atoms with Gasteiger partial charge in [-0.15, -0.1) is 0 Å². The second-order valence-electron chi connectivity index (χ2n) is 3.09. The summed E-state index contributed by atoms with van der Waals surface area (Å²) in [5.41, 5.74) is 1.59. The summed E-state index contributed by atoms with van der Waals surface area (Å²) in [5, 5.41) is 9.61. The lowest BCUT2D eigenvalue weighted by atomic mass is 10.1. The molecule has 0 radical (unpaired) electrons. The number of methoxy groups -OCH3 is 1. The average Bonchev–Trinajstić information content (AvgIpc) is 2.17. The molecule has 0 amide bonds. The number of carbonyl (C=O) groups excluding carboxylic acids is 1. The fraction of sp³-hybridized carbons (Fsp3) is 0.400. The highest BCUT2D eigenvalue weighted by molar-refractivity contribution is 5.70. The summed E-state index contributed by atoms with van der Waals surface area (Å²) in [6.45, 7) is 1.88. The van der Waals surface area contributed by atoms with E-state index >= 15 is 0 Å². The van der Waals surface area contributed by atoms with Crippen LogP contribution in [0.4, 0.5) is 0 Å². The Labute approximate surface area is 82.5 Å². The number of aliphatic hydroxyl groups is 1. The second kappa shape index (κ2) is 4.72. The van der Waals surface area contributed by atoms with E-state index in [2.05, 4.69) is 9.72 Å². The number of aromatic nitrogens is 1. The molecular weight excluding hydrogens is 182 g/mol. The molecule has 0 saturated carbocycles. The highest BCUT2D eigenvalue weighted by Crippen LogP contribution is 2.16. The van der Waals surface area contributed by atoms with Crippen molar-refractivity contribution in [3.8, 4) is 0 Å². The lowest BCUT2D eigenvalue weighted by molar-refractivity contribution is -0.142. The van der Waals surface area contributed by atoms with Crippen molar-refractivity contribution in [3.05, 3.63) is 29.6 Å². The molecule has 0 aliphatic heterocycles. The van der Waals surface area contributed by atoms with Gasteiger partial charge in [-0.1, -0.05) is 6.07 Å². The molecule has 4 heteroatoms. The summed E-state index contributed by atoms with van der Waals surface area (Å²) < 4.78 is 4.45. The second-order valence-corrected chi connectivity index (χ2v) is 3.09. The van der Waals surface area contributed by atoms with Crippen LogP contribution in [0, 0.1) is 6.92 Å². The molecule has 0 bridgehead atoms. The Morgan fingerprint density at radius 1 is 1.64 bits per heavy atom. The minimum absolute atomic E-state index is 0.0400.